The maximum Gasteiger partial charge on any atom is 1.00 e. The summed E-state index contributed by atoms with van der Waals surface area (Å²) in [7, 11) is 0. The molecular formula is C11H15KN-. The number of rotatable bonds is 0. The minimum atomic E-state index is 0. The number of para-hydroxylation sites is 1. The Bertz CT molecular complexity index is 284. The summed E-state index contributed by atoms with van der Waals surface area (Å²) in [5.74, 6) is 0. The van der Waals surface area contributed by atoms with E-state index in [0.717, 1.165) is 10.9 Å². The van der Waals surface area contributed by atoms with Crippen molar-refractivity contribution in [2.24, 2.45) is 0 Å². The van der Waals surface area contributed by atoms with E-state index in [1.165, 1.54) is 0 Å². The van der Waals surface area contributed by atoms with Gasteiger partial charge in [0.25, 0.3) is 0 Å². The third kappa shape index (κ3) is 4.43. The first kappa shape index (κ1) is 15.9. The molecule has 66 valence electrons. The molecular weight excluding hydrogens is 185 g/mol. The number of fused-ring (bicyclic) bond motifs is 1. The molecule has 0 unspecified atom stereocenters. The molecule has 0 bridgehead atoms. The SMILES string of the molecule is CC.[CH3-].[K+].[c-]1c[nH]c2ccccc12. The Hall–Kier alpha value is 0.396. The molecule has 1 heterocycles. The molecule has 0 spiro atoms. The molecule has 0 aliphatic carbocycles. The maximum atomic E-state index is 3.06. The second-order valence-electron chi connectivity index (χ2n) is 1.98. The molecule has 0 aliphatic heterocycles. The zero-order valence-electron chi connectivity index (χ0n) is 8.89. The minimum Gasteiger partial charge on any atom is -0.424 e. The topological polar surface area (TPSA) is 15.8 Å². The first-order valence-corrected chi connectivity index (χ1v) is 3.90. The number of aromatic nitrogens is 1. The van der Waals surface area contributed by atoms with Crippen LogP contribution in [0, 0.1) is 13.5 Å². The third-order valence-corrected chi connectivity index (χ3v) is 1.38. The van der Waals surface area contributed by atoms with Gasteiger partial charge in [-0.2, -0.15) is 17.5 Å². The van der Waals surface area contributed by atoms with Crippen LogP contribution in [0.25, 0.3) is 10.9 Å². The number of hydrogen-bond acceptors (Lipinski definition) is 0. The average molecular weight is 200 g/mol. The van der Waals surface area contributed by atoms with E-state index in [9.17, 15) is 0 Å². The van der Waals surface area contributed by atoms with E-state index in [-0.39, 0.29) is 58.8 Å². The van der Waals surface area contributed by atoms with Gasteiger partial charge < -0.3 is 12.4 Å². The summed E-state index contributed by atoms with van der Waals surface area (Å²) >= 11 is 0. The van der Waals surface area contributed by atoms with Gasteiger partial charge in [-0.25, -0.2) is 0 Å². The van der Waals surface area contributed by atoms with Crippen LogP contribution in [-0.2, 0) is 0 Å². The van der Waals surface area contributed by atoms with Crippen molar-refractivity contribution in [3.05, 3.63) is 44.0 Å². The first-order chi connectivity index (χ1) is 5.47. The summed E-state index contributed by atoms with van der Waals surface area (Å²) in [5.41, 5.74) is 1.15. The molecule has 1 nitrogen and oxygen atoms in total. The molecule has 2 rings (SSSR count). The molecule has 2 heteroatoms. The Morgan fingerprint density at radius 1 is 1.15 bits per heavy atom. The Kier molecular flexibility index (Phi) is 10.9. The molecule has 0 amide bonds. The van der Waals surface area contributed by atoms with Gasteiger partial charge >= 0.3 is 51.4 Å². The van der Waals surface area contributed by atoms with Crippen molar-refractivity contribution in [3.63, 3.8) is 0 Å². The molecule has 0 saturated carbocycles. The largest absolute Gasteiger partial charge is 1.00 e. The average Bonchev–Trinajstić information content (AvgIpc) is 2.55. The fourth-order valence-corrected chi connectivity index (χ4v) is 0.926. The van der Waals surface area contributed by atoms with Crippen LogP contribution in [0.2, 0.25) is 0 Å². The van der Waals surface area contributed by atoms with E-state index >= 15 is 0 Å². The zero-order chi connectivity index (χ0) is 8.10. The van der Waals surface area contributed by atoms with Crippen LogP contribution in [0.15, 0.2) is 30.5 Å². The fourth-order valence-electron chi connectivity index (χ4n) is 0.926. The van der Waals surface area contributed by atoms with E-state index in [4.69, 9.17) is 0 Å². The fraction of sp³-hybridized carbons (Fsp3) is 0.182. The second-order valence-corrected chi connectivity index (χ2v) is 1.98. The van der Waals surface area contributed by atoms with Crippen molar-refractivity contribution in [2.75, 3.05) is 0 Å². The summed E-state index contributed by atoms with van der Waals surface area (Å²) in [5, 5.41) is 1.15. The molecule has 13 heavy (non-hydrogen) atoms. The van der Waals surface area contributed by atoms with Crippen LogP contribution < -0.4 is 51.4 Å². The van der Waals surface area contributed by atoms with Crippen molar-refractivity contribution < 1.29 is 51.4 Å². The van der Waals surface area contributed by atoms with E-state index in [2.05, 4.69) is 11.1 Å². The van der Waals surface area contributed by atoms with Gasteiger partial charge in [-0.15, -0.1) is 6.07 Å². The van der Waals surface area contributed by atoms with Crippen LogP contribution in [0.4, 0.5) is 0 Å². The molecule has 0 aliphatic rings. The van der Waals surface area contributed by atoms with Gasteiger partial charge in [0.15, 0.2) is 0 Å². The Balaban J connectivity index is 0. The molecule has 0 atom stereocenters. The van der Waals surface area contributed by atoms with Gasteiger partial charge in [-0.3, -0.25) is 0 Å². The summed E-state index contributed by atoms with van der Waals surface area (Å²) < 4.78 is 0. The molecule has 2 aromatic rings. The molecule has 0 radical (unpaired) electrons. The van der Waals surface area contributed by atoms with E-state index < -0.39 is 0 Å². The van der Waals surface area contributed by atoms with Gasteiger partial charge in [-0.1, -0.05) is 37.7 Å². The Labute approximate surface area is 123 Å². The quantitative estimate of drug-likeness (QED) is 0.469. The third-order valence-electron chi connectivity index (χ3n) is 1.38. The first-order valence-electron chi connectivity index (χ1n) is 3.90. The molecule has 1 aromatic carbocycles. The maximum absolute atomic E-state index is 3.06. The van der Waals surface area contributed by atoms with Gasteiger partial charge in [0, 0.05) is 0 Å². The minimum absolute atomic E-state index is 0. The van der Waals surface area contributed by atoms with Gasteiger partial charge in [0.2, 0.25) is 0 Å². The van der Waals surface area contributed by atoms with Crippen LogP contribution in [0.1, 0.15) is 13.8 Å². The predicted molar refractivity (Wildman–Crippen MR) is 54.9 cm³/mol. The number of aromatic amines is 1. The summed E-state index contributed by atoms with van der Waals surface area (Å²) in [6.45, 7) is 4.00. The smallest absolute Gasteiger partial charge is 0.424 e. The monoisotopic (exact) mass is 200 g/mol. The summed E-state index contributed by atoms with van der Waals surface area (Å²) in [6, 6.07) is 11.1. The van der Waals surface area contributed by atoms with Gasteiger partial charge in [0.1, 0.15) is 0 Å². The zero-order valence-corrected chi connectivity index (χ0v) is 12.0. The van der Waals surface area contributed by atoms with Crippen LogP contribution in [-0.4, -0.2) is 4.98 Å². The van der Waals surface area contributed by atoms with Crippen LogP contribution in [0.5, 0.6) is 0 Å². The number of hydrogen-bond donors (Lipinski definition) is 1. The number of H-pyrrole nitrogens is 1. The Morgan fingerprint density at radius 3 is 2.38 bits per heavy atom. The van der Waals surface area contributed by atoms with E-state index in [1.807, 2.05) is 44.3 Å². The van der Waals surface area contributed by atoms with E-state index in [0.29, 0.717) is 0 Å². The molecule has 1 N–H and O–H groups in total. The summed E-state index contributed by atoms with van der Waals surface area (Å²) in [6.07, 6.45) is 1.82. The molecule has 0 fully saturated rings. The standard InChI is InChI=1S/C8H6N.C2H6.CH3.K/c1-2-4-8-7(3-1)5-6-9-8;1-2;;/h1-4,6,9H;1-2H3;1H3;/q-1;;-1;+1. The van der Waals surface area contributed by atoms with Crippen LogP contribution in [0.3, 0.4) is 0 Å². The van der Waals surface area contributed by atoms with Gasteiger partial charge in [-0.05, 0) is 0 Å². The number of nitrogens with one attached hydrogen (secondary N) is 1. The summed E-state index contributed by atoms with van der Waals surface area (Å²) in [4.78, 5) is 3.06. The molecule has 1 aromatic heterocycles. The van der Waals surface area contributed by atoms with Crippen LogP contribution >= 0.6 is 0 Å². The van der Waals surface area contributed by atoms with E-state index in [1.54, 1.807) is 0 Å². The predicted octanol–water partition coefficient (Wildman–Crippen LogP) is 0.449. The Morgan fingerprint density at radius 2 is 1.77 bits per heavy atom. The normalized spacial score (nSPS) is 7.54. The van der Waals surface area contributed by atoms with Crippen molar-refractivity contribution in [1.29, 1.82) is 0 Å². The number of benzene rings is 1. The second kappa shape index (κ2) is 8.97. The van der Waals surface area contributed by atoms with Crippen molar-refractivity contribution >= 4 is 10.9 Å². The van der Waals surface area contributed by atoms with Crippen molar-refractivity contribution in [1.82, 2.24) is 4.98 Å². The van der Waals surface area contributed by atoms with Crippen molar-refractivity contribution in [3.8, 4) is 0 Å². The van der Waals surface area contributed by atoms with Gasteiger partial charge in [0.05, 0.1) is 0 Å². The molecule has 0 saturated heterocycles. The van der Waals surface area contributed by atoms with Crippen molar-refractivity contribution in [2.45, 2.75) is 13.8 Å².